The van der Waals surface area contributed by atoms with Crippen molar-refractivity contribution in [2.45, 2.75) is 131 Å². The zero-order chi connectivity index (χ0) is 40.4. The third-order valence-electron chi connectivity index (χ3n) is 9.69. The Morgan fingerprint density at radius 3 is 1.61 bits per heavy atom. The average Bonchev–Trinajstić information content (AvgIpc) is 3.50. The number of aliphatic imine (C=N–C) groups is 1. The number of benzene rings is 1. The van der Waals surface area contributed by atoms with E-state index >= 15 is 0 Å². The molecule has 7 N–H and O–H groups in total. The van der Waals surface area contributed by atoms with Crippen LogP contribution in [0.2, 0.25) is 0 Å². The van der Waals surface area contributed by atoms with Gasteiger partial charge in [-0.25, -0.2) is 0 Å². The fourth-order valence-electron chi connectivity index (χ4n) is 6.26. The van der Waals surface area contributed by atoms with Gasteiger partial charge in [-0.15, -0.1) is 0 Å². The van der Waals surface area contributed by atoms with E-state index in [1.165, 1.54) is 6.21 Å². The zero-order valence-electron chi connectivity index (χ0n) is 33.7. The molecule has 1 aromatic heterocycles. The Balaban J connectivity index is 2.12. The molecule has 0 radical (unpaired) electrons. The van der Waals surface area contributed by atoms with Crippen molar-refractivity contribution in [3.8, 4) is 0 Å². The van der Waals surface area contributed by atoms with E-state index in [1.54, 1.807) is 54.7 Å². The van der Waals surface area contributed by atoms with Gasteiger partial charge in [-0.1, -0.05) is 87.4 Å². The molecule has 0 spiro atoms. The van der Waals surface area contributed by atoms with Crippen LogP contribution in [0.3, 0.4) is 0 Å². The molecule has 3 rings (SSSR count). The second kappa shape index (κ2) is 19.5. The number of aromatic amines is 1. The topological polar surface area (TPSA) is 203 Å². The number of nitrogens with one attached hydrogen (secondary N) is 7. The van der Waals surface area contributed by atoms with Crippen LogP contribution >= 0.6 is 0 Å². The van der Waals surface area contributed by atoms with Crippen molar-refractivity contribution < 1.29 is 28.8 Å². The molecular weight excluding hydrogens is 688 g/mol. The van der Waals surface area contributed by atoms with E-state index in [9.17, 15) is 28.8 Å². The van der Waals surface area contributed by atoms with Gasteiger partial charge in [0, 0.05) is 29.7 Å². The van der Waals surface area contributed by atoms with Crippen LogP contribution in [0, 0.1) is 29.6 Å². The largest absolute Gasteiger partial charge is 0.361 e. The Morgan fingerprint density at radius 1 is 0.574 bits per heavy atom. The lowest BCUT2D eigenvalue weighted by atomic mass is 9.97. The van der Waals surface area contributed by atoms with E-state index in [2.05, 4.69) is 41.9 Å². The van der Waals surface area contributed by atoms with Gasteiger partial charge in [0.05, 0.1) is 6.04 Å². The Morgan fingerprint density at radius 2 is 1.06 bits per heavy atom. The predicted molar refractivity (Wildman–Crippen MR) is 210 cm³/mol. The number of hydrogen-bond acceptors (Lipinski definition) is 7. The van der Waals surface area contributed by atoms with E-state index in [-0.39, 0.29) is 42.4 Å². The molecule has 54 heavy (non-hydrogen) atoms. The standard InChI is InChI=1S/C40H62N8O6/c1-20(2)16-29-37(51)47-34(24(9)10)40(54)48-33(23(7)8)39(53)45-31(21(3)4)19-41-25(11)35(49)46-32(22(5)6)38(52)44-30(36(50)43-29)17-26-18-42-28-15-13-12-14-27(26)28/h12-15,18-25,29-34,42H,16-17H2,1-11H3,(H,43,50)(H,44,52)(H,45,53)(H,46,49)(H,47,51)(H,48,54)/b41-19+/t25-,29+,30-,31+,32+,33+,34-/m0/s1. The van der Waals surface area contributed by atoms with Crippen molar-refractivity contribution in [2.24, 2.45) is 34.6 Å². The third-order valence-corrected chi connectivity index (χ3v) is 9.69. The van der Waals surface area contributed by atoms with Gasteiger partial charge in [0.1, 0.15) is 36.3 Å². The number of carbonyl (C=O) groups excluding carboxylic acids is 6. The smallest absolute Gasteiger partial charge is 0.245 e. The molecule has 0 fully saturated rings. The Labute approximate surface area is 319 Å². The SMILES string of the molecule is CC(C)C[C@H]1NC(=O)[C@H](Cc2c[nH]c3ccccc23)NC(=O)[C@@H](C(C)C)NC(=O)[C@H](C)/N=C/[C@H](C(C)C)NC(=O)[C@@H](C(C)C)NC(=O)[C@H](C(C)C)NC1=O. The summed E-state index contributed by atoms with van der Waals surface area (Å²) in [4.78, 5) is 90.8. The van der Waals surface area contributed by atoms with Crippen LogP contribution in [0.4, 0.5) is 0 Å². The van der Waals surface area contributed by atoms with Crippen molar-refractivity contribution in [2.75, 3.05) is 0 Å². The first kappa shape index (κ1) is 43.7. The molecule has 298 valence electrons. The molecular formula is C40H62N8O6. The van der Waals surface area contributed by atoms with E-state index in [1.807, 2.05) is 52.0 Å². The highest BCUT2D eigenvalue weighted by molar-refractivity contribution is 5.98. The summed E-state index contributed by atoms with van der Waals surface area (Å²) in [5.41, 5.74) is 1.63. The summed E-state index contributed by atoms with van der Waals surface area (Å²) >= 11 is 0. The molecule has 1 aromatic carbocycles. The molecule has 0 unspecified atom stereocenters. The number of nitrogens with zero attached hydrogens (tertiary/aromatic N) is 1. The first-order chi connectivity index (χ1) is 25.3. The van der Waals surface area contributed by atoms with Crippen LogP contribution in [0.15, 0.2) is 35.5 Å². The number of carbonyl (C=O) groups is 6. The number of rotatable bonds is 8. The molecule has 2 aromatic rings. The van der Waals surface area contributed by atoms with E-state index in [0.29, 0.717) is 0 Å². The minimum atomic E-state index is -1.14. The summed E-state index contributed by atoms with van der Waals surface area (Å²) in [5.74, 6) is -4.45. The average molecular weight is 751 g/mol. The van der Waals surface area contributed by atoms with Crippen molar-refractivity contribution >= 4 is 52.6 Å². The highest BCUT2D eigenvalue weighted by Gasteiger charge is 2.36. The van der Waals surface area contributed by atoms with Gasteiger partial charge in [0.15, 0.2) is 0 Å². The summed E-state index contributed by atoms with van der Waals surface area (Å²) in [7, 11) is 0. The molecule has 14 nitrogen and oxygen atoms in total. The number of amides is 6. The Hall–Kier alpha value is -4.75. The van der Waals surface area contributed by atoms with Crippen LogP contribution in [0.1, 0.15) is 88.1 Å². The first-order valence-corrected chi connectivity index (χ1v) is 19.2. The van der Waals surface area contributed by atoms with Gasteiger partial charge in [0.25, 0.3) is 0 Å². The van der Waals surface area contributed by atoms with Crippen LogP contribution in [-0.2, 0) is 35.2 Å². The van der Waals surface area contributed by atoms with Crippen molar-refractivity contribution in [1.82, 2.24) is 36.9 Å². The molecule has 6 amide bonds. The Bertz CT molecular complexity index is 1660. The fourth-order valence-corrected chi connectivity index (χ4v) is 6.26. The quantitative estimate of drug-likeness (QED) is 0.216. The van der Waals surface area contributed by atoms with Crippen molar-refractivity contribution in [3.63, 3.8) is 0 Å². The van der Waals surface area contributed by atoms with Crippen LogP contribution in [0.25, 0.3) is 10.9 Å². The zero-order valence-corrected chi connectivity index (χ0v) is 33.7. The van der Waals surface area contributed by atoms with Crippen LogP contribution in [-0.4, -0.2) is 88.9 Å². The van der Waals surface area contributed by atoms with E-state index in [4.69, 9.17) is 0 Å². The summed E-state index contributed by atoms with van der Waals surface area (Å²) in [6, 6.07) is 0.906. The van der Waals surface area contributed by atoms with Crippen molar-refractivity contribution in [1.29, 1.82) is 0 Å². The number of aromatic nitrogens is 1. The van der Waals surface area contributed by atoms with Gasteiger partial charge < -0.3 is 36.9 Å². The molecule has 14 heteroatoms. The van der Waals surface area contributed by atoms with Gasteiger partial charge in [-0.2, -0.15) is 0 Å². The lowest BCUT2D eigenvalue weighted by Crippen LogP contribution is -2.61. The van der Waals surface area contributed by atoms with Gasteiger partial charge in [-0.05, 0) is 54.6 Å². The number of para-hydroxylation sites is 1. The second-order valence-corrected chi connectivity index (χ2v) is 16.3. The molecule has 1 aliphatic rings. The third kappa shape index (κ3) is 11.9. The maximum atomic E-state index is 14.2. The molecule has 0 saturated heterocycles. The second-order valence-electron chi connectivity index (χ2n) is 16.3. The lowest BCUT2D eigenvalue weighted by molar-refractivity contribution is -0.136. The molecule has 7 atom stereocenters. The number of hydrogen-bond donors (Lipinski definition) is 7. The summed E-state index contributed by atoms with van der Waals surface area (Å²) in [6.07, 6.45) is 3.62. The van der Waals surface area contributed by atoms with E-state index < -0.39 is 77.7 Å². The van der Waals surface area contributed by atoms with Crippen LogP contribution < -0.4 is 31.9 Å². The Kier molecular flexibility index (Phi) is 15.8. The minimum Gasteiger partial charge on any atom is -0.361 e. The maximum absolute atomic E-state index is 14.2. The first-order valence-electron chi connectivity index (χ1n) is 19.2. The van der Waals surface area contributed by atoms with Gasteiger partial charge in [0.2, 0.25) is 35.4 Å². The summed E-state index contributed by atoms with van der Waals surface area (Å²) < 4.78 is 0. The predicted octanol–water partition coefficient (Wildman–Crippen LogP) is 2.76. The fraction of sp³-hybridized carbons (Fsp3) is 0.625. The highest BCUT2D eigenvalue weighted by atomic mass is 16.2. The number of fused-ring (bicyclic) bond motifs is 1. The monoisotopic (exact) mass is 750 g/mol. The maximum Gasteiger partial charge on any atom is 0.245 e. The van der Waals surface area contributed by atoms with E-state index in [0.717, 1.165) is 16.5 Å². The summed E-state index contributed by atoms with van der Waals surface area (Å²) in [6.45, 7) is 19.9. The number of H-pyrrole nitrogens is 1. The minimum absolute atomic E-state index is 0.0313. The molecule has 0 saturated carbocycles. The molecule has 2 heterocycles. The highest BCUT2D eigenvalue weighted by Crippen LogP contribution is 2.20. The normalized spacial score (nSPS) is 26.6. The molecule has 0 aliphatic carbocycles. The molecule has 0 bridgehead atoms. The van der Waals surface area contributed by atoms with Crippen molar-refractivity contribution in [3.05, 3.63) is 36.0 Å². The van der Waals surface area contributed by atoms with Gasteiger partial charge >= 0.3 is 0 Å². The lowest BCUT2D eigenvalue weighted by Gasteiger charge is -2.30. The molecule has 1 aliphatic heterocycles. The van der Waals surface area contributed by atoms with Crippen LogP contribution in [0.5, 0.6) is 0 Å². The van der Waals surface area contributed by atoms with Gasteiger partial charge in [-0.3, -0.25) is 33.8 Å². The summed E-state index contributed by atoms with van der Waals surface area (Å²) in [5, 5.41) is 18.1.